The van der Waals surface area contributed by atoms with E-state index in [9.17, 15) is 9.90 Å². The Morgan fingerprint density at radius 3 is 2.43 bits per heavy atom. The van der Waals surface area contributed by atoms with Crippen LogP contribution in [0.1, 0.15) is 18.6 Å². The monoisotopic (exact) mass is 195 g/mol. The molecule has 1 amide bonds. The van der Waals surface area contributed by atoms with Gasteiger partial charge in [-0.2, -0.15) is 0 Å². The van der Waals surface area contributed by atoms with E-state index in [1.54, 1.807) is 31.2 Å². The lowest BCUT2D eigenvalue weighted by atomic mass is 10.1. The maximum Gasteiger partial charge on any atom is 0.411 e. The molecular weight excluding hydrogens is 182 g/mol. The van der Waals surface area contributed by atoms with Crippen molar-refractivity contribution in [1.82, 2.24) is 0 Å². The van der Waals surface area contributed by atoms with Crippen LogP contribution in [0.15, 0.2) is 24.3 Å². The summed E-state index contributed by atoms with van der Waals surface area (Å²) >= 11 is 0. The average molecular weight is 195 g/mol. The molecule has 0 heterocycles. The Morgan fingerprint density at radius 2 is 2.00 bits per heavy atom. The van der Waals surface area contributed by atoms with Crippen LogP contribution in [0.2, 0.25) is 0 Å². The third kappa shape index (κ3) is 2.74. The van der Waals surface area contributed by atoms with Crippen LogP contribution in [-0.2, 0) is 4.74 Å². The molecule has 4 heteroatoms. The highest BCUT2D eigenvalue weighted by molar-refractivity contribution is 5.84. The van der Waals surface area contributed by atoms with E-state index in [1.807, 2.05) is 0 Å². The molecule has 0 aromatic heterocycles. The topological polar surface area (TPSA) is 58.6 Å². The van der Waals surface area contributed by atoms with Gasteiger partial charge in [0.05, 0.1) is 13.2 Å². The van der Waals surface area contributed by atoms with Crippen molar-refractivity contribution < 1.29 is 14.6 Å². The van der Waals surface area contributed by atoms with Crippen molar-refractivity contribution in [2.24, 2.45) is 0 Å². The van der Waals surface area contributed by atoms with Crippen LogP contribution < -0.4 is 5.32 Å². The van der Waals surface area contributed by atoms with E-state index < -0.39 is 12.2 Å². The van der Waals surface area contributed by atoms with Crippen molar-refractivity contribution in [2.45, 2.75) is 13.0 Å². The van der Waals surface area contributed by atoms with Crippen LogP contribution in [0.3, 0.4) is 0 Å². The second-order valence-corrected chi connectivity index (χ2v) is 2.91. The number of amides is 1. The summed E-state index contributed by atoms with van der Waals surface area (Å²) < 4.78 is 4.43. The number of nitrogens with one attached hydrogen (secondary N) is 1. The highest BCUT2D eigenvalue weighted by atomic mass is 16.5. The zero-order chi connectivity index (χ0) is 10.6. The molecule has 1 unspecified atom stereocenters. The molecule has 1 rings (SSSR count). The number of carbonyl (C=O) groups is 1. The van der Waals surface area contributed by atoms with Gasteiger partial charge in [0.15, 0.2) is 0 Å². The Labute approximate surface area is 82.5 Å². The van der Waals surface area contributed by atoms with Crippen molar-refractivity contribution in [1.29, 1.82) is 0 Å². The summed E-state index contributed by atoms with van der Waals surface area (Å²) in [6, 6.07) is 6.91. The SMILES string of the molecule is COC(=O)Nc1ccc(C(C)O)cc1. The summed E-state index contributed by atoms with van der Waals surface area (Å²) in [5, 5.41) is 11.7. The molecule has 0 aliphatic carbocycles. The molecule has 4 nitrogen and oxygen atoms in total. The highest BCUT2D eigenvalue weighted by Crippen LogP contribution is 2.15. The molecular formula is C10H13NO3. The first-order valence-corrected chi connectivity index (χ1v) is 4.26. The van der Waals surface area contributed by atoms with E-state index in [1.165, 1.54) is 7.11 Å². The first kappa shape index (κ1) is 10.5. The number of aliphatic hydroxyl groups excluding tert-OH is 1. The number of methoxy groups -OCH3 is 1. The third-order valence-electron chi connectivity index (χ3n) is 1.82. The van der Waals surface area contributed by atoms with Crippen molar-refractivity contribution in [2.75, 3.05) is 12.4 Å². The number of hydrogen-bond acceptors (Lipinski definition) is 3. The van der Waals surface area contributed by atoms with Crippen molar-refractivity contribution in [3.8, 4) is 0 Å². The molecule has 1 atom stereocenters. The minimum atomic E-state index is -0.505. The van der Waals surface area contributed by atoms with E-state index in [4.69, 9.17) is 0 Å². The van der Waals surface area contributed by atoms with Crippen LogP contribution in [0.5, 0.6) is 0 Å². The van der Waals surface area contributed by atoms with Crippen LogP contribution in [-0.4, -0.2) is 18.3 Å². The number of carbonyl (C=O) groups excluding carboxylic acids is 1. The fourth-order valence-corrected chi connectivity index (χ4v) is 1.01. The van der Waals surface area contributed by atoms with E-state index in [-0.39, 0.29) is 0 Å². The van der Waals surface area contributed by atoms with Gasteiger partial charge in [-0.3, -0.25) is 5.32 Å². The summed E-state index contributed by atoms with van der Waals surface area (Å²) in [6.07, 6.45) is -1.00. The molecule has 0 aliphatic rings. The molecule has 76 valence electrons. The fraction of sp³-hybridized carbons (Fsp3) is 0.300. The Hall–Kier alpha value is -1.55. The van der Waals surface area contributed by atoms with Gasteiger partial charge < -0.3 is 9.84 Å². The van der Waals surface area contributed by atoms with Gasteiger partial charge in [-0.15, -0.1) is 0 Å². The van der Waals surface area contributed by atoms with Crippen molar-refractivity contribution in [3.63, 3.8) is 0 Å². The maximum absolute atomic E-state index is 10.8. The lowest BCUT2D eigenvalue weighted by molar-refractivity contribution is 0.187. The van der Waals surface area contributed by atoms with Crippen molar-refractivity contribution >= 4 is 11.8 Å². The molecule has 0 bridgehead atoms. The van der Waals surface area contributed by atoms with Gasteiger partial charge in [-0.25, -0.2) is 4.79 Å². The lowest BCUT2D eigenvalue weighted by Gasteiger charge is -2.06. The second kappa shape index (κ2) is 4.62. The van der Waals surface area contributed by atoms with Gasteiger partial charge in [0.2, 0.25) is 0 Å². The number of aliphatic hydroxyl groups is 1. The number of anilines is 1. The molecule has 0 saturated heterocycles. The normalized spacial score (nSPS) is 11.9. The zero-order valence-corrected chi connectivity index (χ0v) is 8.15. The molecule has 2 N–H and O–H groups in total. The Bertz CT molecular complexity index is 306. The number of ether oxygens (including phenoxy) is 1. The molecule has 0 spiro atoms. The number of rotatable bonds is 2. The maximum atomic E-state index is 10.8. The summed E-state index contributed by atoms with van der Waals surface area (Å²) in [5.41, 5.74) is 1.45. The number of hydrogen-bond donors (Lipinski definition) is 2. The van der Waals surface area contributed by atoms with Gasteiger partial charge in [0, 0.05) is 5.69 Å². The minimum Gasteiger partial charge on any atom is -0.453 e. The van der Waals surface area contributed by atoms with Crippen LogP contribution in [0.4, 0.5) is 10.5 Å². The predicted octanol–water partition coefficient (Wildman–Crippen LogP) is 1.92. The molecule has 0 saturated carbocycles. The quantitative estimate of drug-likeness (QED) is 0.757. The third-order valence-corrected chi connectivity index (χ3v) is 1.82. The van der Waals surface area contributed by atoms with Crippen molar-refractivity contribution in [3.05, 3.63) is 29.8 Å². The lowest BCUT2D eigenvalue weighted by Crippen LogP contribution is -2.10. The fourth-order valence-electron chi connectivity index (χ4n) is 1.01. The summed E-state index contributed by atoms with van der Waals surface area (Å²) in [6.45, 7) is 1.68. The van der Waals surface area contributed by atoms with Crippen LogP contribution >= 0.6 is 0 Å². The van der Waals surface area contributed by atoms with Gasteiger partial charge in [-0.1, -0.05) is 12.1 Å². The first-order valence-electron chi connectivity index (χ1n) is 4.26. The summed E-state index contributed by atoms with van der Waals surface area (Å²) in [5.74, 6) is 0. The molecule has 0 aliphatic heterocycles. The standard InChI is InChI=1S/C10H13NO3/c1-7(12)8-3-5-9(6-4-8)11-10(13)14-2/h3-7,12H,1-2H3,(H,11,13). The van der Waals surface area contributed by atoms with Crippen LogP contribution in [0.25, 0.3) is 0 Å². The van der Waals surface area contributed by atoms with Gasteiger partial charge in [0.25, 0.3) is 0 Å². The van der Waals surface area contributed by atoms with E-state index >= 15 is 0 Å². The molecule has 14 heavy (non-hydrogen) atoms. The molecule has 0 radical (unpaired) electrons. The highest BCUT2D eigenvalue weighted by Gasteiger charge is 2.02. The zero-order valence-electron chi connectivity index (χ0n) is 8.15. The van der Waals surface area contributed by atoms with E-state index in [0.29, 0.717) is 5.69 Å². The van der Waals surface area contributed by atoms with Crippen LogP contribution in [0, 0.1) is 0 Å². The van der Waals surface area contributed by atoms with Gasteiger partial charge in [-0.05, 0) is 24.6 Å². The Balaban J connectivity index is 2.69. The van der Waals surface area contributed by atoms with E-state index in [2.05, 4.69) is 10.1 Å². The van der Waals surface area contributed by atoms with E-state index in [0.717, 1.165) is 5.56 Å². The average Bonchev–Trinajstić information content (AvgIpc) is 2.18. The smallest absolute Gasteiger partial charge is 0.411 e. The Morgan fingerprint density at radius 1 is 1.43 bits per heavy atom. The molecule has 1 aromatic rings. The minimum absolute atomic E-state index is 0.498. The predicted molar refractivity (Wildman–Crippen MR) is 53.1 cm³/mol. The Kier molecular flexibility index (Phi) is 3.48. The first-order chi connectivity index (χ1) is 6.63. The molecule has 0 fully saturated rings. The summed E-state index contributed by atoms with van der Waals surface area (Å²) in [7, 11) is 1.31. The van der Waals surface area contributed by atoms with Gasteiger partial charge in [0.1, 0.15) is 0 Å². The second-order valence-electron chi connectivity index (χ2n) is 2.91. The summed E-state index contributed by atoms with van der Waals surface area (Å²) in [4.78, 5) is 10.8. The molecule has 1 aromatic carbocycles. The largest absolute Gasteiger partial charge is 0.453 e. The number of benzene rings is 1. The van der Waals surface area contributed by atoms with Gasteiger partial charge >= 0.3 is 6.09 Å².